The van der Waals surface area contributed by atoms with E-state index in [9.17, 15) is 9.18 Å². The number of amidine groups is 1. The topological polar surface area (TPSA) is 58.0 Å². The molecule has 172 valence electrons. The van der Waals surface area contributed by atoms with E-state index in [1.165, 1.54) is 17.8 Å². The highest BCUT2D eigenvalue weighted by molar-refractivity contribution is 8.18. The van der Waals surface area contributed by atoms with E-state index >= 15 is 0 Å². The number of hydrogen-bond acceptors (Lipinski definition) is 6. The van der Waals surface area contributed by atoms with Gasteiger partial charge in [-0.2, -0.15) is 0 Å². The molecule has 1 amide bonds. The minimum absolute atomic E-state index is 0.166. The highest BCUT2D eigenvalue weighted by atomic mass is 32.2. The molecule has 0 spiro atoms. The summed E-state index contributed by atoms with van der Waals surface area (Å²) in [5, 5.41) is 0.580. The molecule has 0 saturated carbocycles. The Hall–Kier alpha value is -3.49. The Morgan fingerprint density at radius 2 is 1.91 bits per heavy atom. The Bertz CT molecular complexity index is 1230. The van der Waals surface area contributed by atoms with Gasteiger partial charge in [-0.05, 0) is 59.3 Å². The van der Waals surface area contributed by atoms with Gasteiger partial charge in [0.15, 0.2) is 5.17 Å². The number of rotatable bonds is 5. The second-order valence-electron chi connectivity index (χ2n) is 7.90. The summed E-state index contributed by atoms with van der Waals surface area (Å²) in [5.41, 5.74) is 2.85. The summed E-state index contributed by atoms with van der Waals surface area (Å²) in [6.45, 7) is 2.86. The number of halogens is 1. The fourth-order valence-electron chi connectivity index (χ4n) is 3.84. The number of carbonyl (C=O) groups excluding carboxylic acids is 1. The first-order valence-corrected chi connectivity index (χ1v) is 11.9. The third-order valence-electron chi connectivity index (χ3n) is 5.55. The number of anilines is 1. The summed E-state index contributed by atoms with van der Waals surface area (Å²) in [5.74, 6) is -0.474. The Kier molecular flexibility index (Phi) is 6.69. The monoisotopic (exact) mass is 474 g/mol. The zero-order chi connectivity index (χ0) is 23.3. The number of para-hydroxylation sites is 1. The minimum Gasteiger partial charge on any atom is -0.378 e. The zero-order valence-electron chi connectivity index (χ0n) is 18.4. The third kappa shape index (κ3) is 5.03. The average molecular weight is 475 g/mol. The predicted molar refractivity (Wildman–Crippen MR) is 133 cm³/mol. The molecule has 34 heavy (non-hydrogen) atoms. The molecule has 2 aliphatic heterocycles. The fourth-order valence-corrected chi connectivity index (χ4v) is 4.84. The van der Waals surface area contributed by atoms with Crippen LogP contribution < -0.4 is 4.90 Å². The lowest BCUT2D eigenvalue weighted by molar-refractivity contribution is -0.122. The SMILES string of the molecule is O=C1/C(=C/c2ccc(N3CCOCC3)c(F)c2)SC(=Nc2ccccc2)N1Cc1cccnc1. The lowest BCUT2D eigenvalue weighted by Crippen LogP contribution is -2.36. The first kappa shape index (κ1) is 22.3. The molecule has 0 atom stereocenters. The Balaban J connectivity index is 1.44. The van der Waals surface area contributed by atoms with Gasteiger partial charge < -0.3 is 9.64 Å². The number of aliphatic imine (C=N–C) groups is 1. The van der Waals surface area contributed by atoms with Gasteiger partial charge in [0.25, 0.3) is 5.91 Å². The van der Waals surface area contributed by atoms with Crippen molar-refractivity contribution in [2.24, 2.45) is 4.99 Å². The van der Waals surface area contributed by atoms with Crippen molar-refractivity contribution in [3.05, 3.63) is 94.9 Å². The maximum Gasteiger partial charge on any atom is 0.267 e. The molecule has 1 aromatic heterocycles. The molecule has 2 fully saturated rings. The van der Waals surface area contributed by atoms with E-state index in [-0.39, 0.29) is 11.7 Å². The largest absolute Gasteiger partial charge is 0.378 e. The molecule has 0 bridgehead atoms. The van der Waals surface area contributed by atoms with Crippen molar-refractivity contribution in [2.75, 3.05) is 31.2 Å². The molecule has 0 unspecified atom stereocenters. The standard InChI is InChI=1S/C26H23FN4O2S/c27-22-15-19(8-9-23(22)30-11-13-33-14-12-30)16-24-25(32)31(18-20-5-4-10-28-17-20)26(34-24)29-21-6-2-1-3-7-21/h1-10,15-17H,11-14,18H2/b24-16-,29-26?. The number of carbonyl (C=O) groups is 1. The molecule has 5 rings (SSSR count). The molecule has 0 aliphatic carbocycles. The van der Waals surface area contributed by atoms with Gasteiger partial charge in [-0.1, -0.05) is 30.3 Å². The Morgan fingerprint density at radius 1 is 1.09 bits per heavy atom. The number of thioether (sulfide) groups is 1. The number of aromatic nitrogens is 1. The van der Waals surface area contributed by atoms with Crippen LogP contribution in [-0.4, -0.2) is 47.3 Å². The molecular weight excluding hydrogens is 451 g/mol. The van der Waals surface area contributed by atoms with E-state index < -0.39 is 0 Å². The Morgan fingerprint density at radius 3 is 2.65 bits per heavy atom. The van der Waals surface area contributed by atoms with Crippen LogP contribution in [0.5, 0.6) is 0 Å². The van der Waals surface area contributed by atoms with Gasteiger partial charge in [0.05, 0.1) is 36.0 Å². The van der Waals surface area contributed by atoms with Crippen LogP contribution in [0.3, 0.4) is 0 Å². The molecule has 3 heterocycles. The van der Waals surface area contributed by atoms with Crippen LogP contribution in [0.4, 0.5) is 15.8 Å². The van der Waals surface area contributed by atoms with E-state index in [2.05, 4.69) is 4.98 Å². The van der Waals surface area contributed by atoms with Crippen LogP contribution in [0.2, 0.25) is 0 Å². The average Bonchev–Trinajstić information content (AvgIpc) is 3.15. The van der Waals surface area contributed by atoms with Gasteiger partial charge in [0.1, 0.15) is 5.82 Å². The van der Waals surface area contributed by atoms with Crippen molar-refractivity contribution in [3.8, 4) is 0 Å². The van der Waals surface area contributed by atoms with Crippen LogP contribution in [-0.2, 0) is 16.1 Å². The molecule has 2 saturated heterocycles. The van der Waals surface area contributed by atoms with Crippen LogP contribution in [0.1, 0.15) is 11.1 Å². The summed E-state index contributed by atoms with van der Waals surface area (Å²) in [6.07, 6.45) is 5.16. The fraction of sp³-hybridized carbons (Fsp3) is 0.192. The van der Waals surface area contributed by atoms with Crippen molar-refractivity contribution in [1.29, 1.82) is 0 Å². The second-order valence-corrected chi connectivity index (χ2v) is 8.91. The number of morpholine rings is 1. The van der Waals surface area contributed by atoms with E-state index in [0.717, 1.165) is 11.3 Å². The number of benzene rings is 2. The van der Waals surface area contributed by atoms with E-state index in [0.29, 0.717) is 54.2 Å². The highest BCUT2D eigenvalue weighted by Gasteiger charge is 2.33. The maximum absolute atomic E-state index is 14.9. The number of amides is 1. The van der Waals surface area contributed by atoms with Gasteiger partial charge in [0.2, 0.25) is 0 Å². The quantitative estimate of drug-likeness (QED) is 0.494. The first-order chi connectivity index (χ1) is 16.7. The van der Waals surface area contributed by atoms with Gasteiger partial charge in [-0.3, -0.25) is 14.7 Å². The Labute approximate surface area is 201 Å². The van der Waals surface area contributed by atoms with Crippen LogP contribution in [0, 0.1) is 5.82 Å². The summed E-state index contributed by atoms with van der Waals surface area (Å²) >= 11 is 1.29. The van der Waals surface area contributed by atoms with Crippen molar-refractivity contribution in [3.63, 3.8) is 0 Å². The number of ether oxygens (including phenoxy) is 1. The van der Waals surface area contributed by atoms with E-state index in [1.54, 1.807) is 29.4 Å². The summed E-state index contributed by atoms with van der Waals surface area (Å²) in [4.78, 5) is 26.3. The van der Waals surface area contributed by atoms with E-state index in [4.69, 9.17) is 9.73 Å². The molecular formula is C26H23FN4O2S. The van der Waals surface area contributed by atoms with Crippen molar-refractivity contribution in [1.82, 2.24) is 9.88 Å². The summed E-state index contributed by atoms with van der Waals surface area (Å²) < 4.78 is 20.2. The molecule has 8 heteroatoms. The molecule has 2 aromatic carbocycles. The highest BCUT2D eigenvalue weighted by Crippen LogP contribution is 2.35. The zero-order valence-corrected chi connectivity index (χ0v) is 19.2. The number of hydrogen-bond donors (Lipinski definition) is 0. The summed E-state index contributed by atoms with van der Waals surface area (Å²) in [7, 11) is 0. The van der Waals surface area contributed by atoms with Gasteiger partial charge in [0, 0.05) is 25.5 Å². The summed E-state index contributed by atoms with van der Waals surface area (Å²) in [6, 6.07) is 18.4. The third-order valence-corrected chi connectivity index (χ3v) is 6.56. The van der Waals surface area contributed by atoms with Crippen LogP contribution >= 0.6 is 11.8 Å². The molecule has 3 aromatic rings. The lowest BCUT2D eigenvalue weighted by atomic mass is 10.1. The van der Waals surface area contributed by atoms with Crippen molar-refractivity contribution < 1.29 is 13.9 Å². The van der Waals surface area contributed by atoms with Crippen molar-refractivity contribution in [2.45, 2.75) is 6.54 Å². The van der Waals surface area contributed by atoms with Gasteiger partial charge in [-0.15, -0.1) is 0 Å². The van der Waals surface area contributed by atoms with Gasteiger partial charge in [-0.25, -0.2) is 9.38 Å². The predicted octanol–water partition coefficient (Wildman–Crippen LogP) is 4.86. The lowest BCUT2D eigenvalue weighted by Gasteiger charge is -2.29. The number of pyridine rings is 1. The maximum atomic E-state index is 14.9. The minimum atomic E-state index is -0.308. The number of nitrogens with zero attached hydrogens (tertiary/aromatic N) is 4. The molecule has 6 nitrogen and oxygen atoms in total. The first-order valence-electron chi connectivity index (χ1n) is 11.0. The van der Waals surface area contributed by atoms with Gasteiger partial charge >= 0.3 is 0 Å². The molecule has 2 aliphatic rings. The van der Waals surface area contributed by atoms with E-state index in [1.807, 2.05) is 53.4 Å². The molecule has 0 N–H and O–H groups in total. The second kappa shape index (κ2) is 10.2. The van der Waals surface area contributed by atoms with Crippen LogP contribution in [0.25, 0.3) is 6.08 Å². The normalized spacial score (nSPS) is 18.8. The molecule has 0 radical (unpaired) electrons. The van der Waals surface area contributed by atoms with Crippen LogP contribution in [0.15, 0.2) is 83.0 Å². The van der Waals surface area contributed by atoms with Crippen molar-refractivity contribution >= 4 is 40.3 Å². The smallest absolute Gasteiger partial charge is 0.267 e.